The van der Waals surface area contributed by atoms with Gasteiger partial charge in [-0.25, -0.2) is 9.59 Å². The van der Waals surface area contributed by atoms with E-state index in [1.807, 2.05) is 0 Å². The molecule has 0 bridgehead atoms. The van der Waals surface area contributed by atoms with Gasteiger partial charge in [-0.05, 0) is 26.8 Å². The summed E-state index contributed by atoms with van der Waals surface area (Å²) in [7, 11) is 0. The highest BCUT2D eigenvalue weighted by Gasteiger charge is 2.28. The topological polar surface area (TPSA) is 146 Å². The van der Waals surface area contributed by atoms with Crippen molar-refractivity contribution in [2.75, 3.05) is 20.0 Å². The lowest BCUT2D eigenvalue weighted by Crippen LogP contribution is -2.45. The zero-order valence-corrected chi connectivity index (χ0v) is 16.6. The highest BCUT2D eigenvalue weighted by atomic mass is 16.7. The molecule has 2 rings (SSSR count). The number of alkyl carbamates (subject to hydrolysis) is 1. The van der Waals surface area contributed by atoms with Gasteiger partial charge in [-0.15, -0.1) is 0 Å². The van der Waals surface area contributed by atoms with Crippen LogP contribution in [0.25, 0.3) is 0 Å². The minimum Gasteiger partial charge on any atom is -0.480 e. The van der Waals surface area contributed by atoms with Gasteiger partial charge in [-0.3, -0.25) is 10.1 Å². The van der Waals surface area contributed by atoms with Gasteiger partial charge in [0.1, 0.15) is 6.61 Å². The van der Waals surface area contributed by atoms with Crippen LogP contribution >= 0.6 is 0 Å². The lowest BCUT2D eigenvalue weighted by molar-refractivity contribution is -0.385. The van der Waals surface area contributed by atoms with Crippen molar-refractivity contribution in [3.8, 4) is 11.5 Å². The molecule has 1 aromatic carbocycles. The second-order valence-electron chi connectivity index (χ2n) is 7.48. The third-order valence-corrected chi connectivity index (χ3v) is 3.99. The fourth-order valence-corrected chi connectivity index (χ4v) is 2.48. The molecule has 1 heterocycles. The normalized spacial score (nSPS) is 14.8. The van der Waals surface area contributed by atoms with E-state index >= 15 is 0 Å². The number of aliphatic carboxylic acids is 1. The first-order chi connectivity index (χ1) is 13.5. The number of carbonyl (C=O) groups excluding carboxylic acids is 1. The molecule has 11 nitrogen and oxygen atoms in total. The maximum atomic E-state index is 12.0. The molecule has 11 heteroatoms. The standard InChI is InChI=1S/C18H24N2O9/c1-10(11-5-14-15(28-9-27-14)6-13(11)20(24)25)7-26-17(23)19-12(16(21)22)8-29-18(2,3)4/h5-6,10,12H,7-9H2,1-4H3,(H,19,23)(H,21,22). The minimum atomic E-state index is -1.29. The van der Waals surface area contributed by atoms with Crippen molar-refractivity contribution in [1.29, 1.82) is 0 Å². The van der Waals surface area contributed by atoms with Crippen LogP contribution in [0.3, 0.4) is 0 Å². The molecule has 0 fully saturated rings. The second-order valence-corrected chi connectivity index (χ2v) is 7.48. The number of hydrogen-bond acceptors (Lipinski definition) is 8. The molecule has 160 valence electrons. The number of nitrogens with one attached hydrogen (secondary N) is 1. The van der Waals surface area contributed by atoms with Gasteiger partial charge in [0.15, 0.2) is 17.5 Å². The van der Waals surface area contributed by atoms with Crippen LogP contribution < -0.4 is 14.8 Å². The number of benzene rings is 1. The van der Waals surface area contributed by atoms with Crippen molar-refractivity contribution in [3.63, 3.8) is 0 Å². The molecule has 0 aromatic heterocycles. The van der Waals surface area contributed by atoms with Gasteiger partial charge >= 0.3 is 12.1 Å². The van der Waals surface area contributed by atoms with E-state index in [1.54, 1.807) is 27.7 Å². The molecule has 2 atom stereocenters. The number of carboxylic acids is 1. The predicted molar refractivity (Wildman–Crippen MR) is 99.2 cm³/mol. The summed E-state index contributed by atoms with van der Waals surface area (Å²) >= 11 is 0. The van der Waals surface area contributed by atoms with E-state index in [9.17, 15) is 24.8 Å². The molecule has 1 aromatic rings. The van der Waals surface area contributed by atoms with Crippen molar-refractivity contribution in [2.45, 2.75) is 45.3 Å². The summed E-state index contributed by atoms with van der Waals surface area (Å²) in [5.74, 6) is -1.18. The number of carboxylic acid groups (broad SMARTS) is 1. The lowest BCUT2D eigenvalue weighted by atomic mass is 9.99. The summed E-state index contributed by atoms with van der Waals surface area (Å²) < 4.78 is 20.8. The number of ether oxygens (including phenoxy) is 4. The lowest BCUT2D eigenvalue weighted by Gasteiger charge is -2.23. The Balaban J connectivity index is 1.99. The van der Waals surface area contributed by atoms with Crippen LogP contribution in [0, 0.1) is 10.1 Å². The smallest absolute Gasteiger partial charge is 0.407 e. The summed E-state index contributed by atoms with van der Waals surface area (Å²) in [6.45, 7) is 6.42. The van der Waals surface area contributed by atoms with Crippen LogP contribution in [0.5, 0.6) is 11.5 Å². The molecule has 2 unspecified atom stereocenters. The highest BCUT2D eigenvalue weighted by Crippen LogP contribution is 2.40. The van der Waals surface area contributed by atoms with Crippen LogP contribution in [-0.4, -0.2) is 53.7 Å². The van der Waals surface area contributed by atoms with E-state index < -0.39 is 34.5 Å². The number of nitro groups is 1. The van der Waals surface area contributed by atoms with E-state index in [2.05, 4.69) is 5.32 Å². The first-order valence-corrected chi connectivity index (χ1v) is 8.86. The first-order valence-electron chi connectivity index (χ1n) is 8.86. The quantitative estimate of drug-likeness (QED) is 0.485. The number of amides is 1. The molecular weight excluding hydrogens is 388 g/mol. The number of nitro benzene ring substituents is 1. The first kappa shape index (κ1) is 22.2. The third-order valence-electron chi connectivity index (χ3n) is 3.99. The van der Waals surface area contributed by atoms with Gasteiger partial charge in [0.05, 0.1) is 23.2 Å². The second kappa shape index (κ2) is 8.95. The average molecular weight is 412 g/mol. The van der Waals surface area contributed by atoms with Gasteiger partial charge in [-0.1, -0.05) is 6.92 Å². The van der Waals surface area contributed by atoms with E-state index in [0.717, 1.165) is 0 Å². The number of carbonyl (C=O) groups is 2. The Hall–Kier alpha value is -3.08. The van der Waals surface area contributed by atoms with Crippen molar-refractivity contribution in [3.05, 3.63) is 27.8 Å². The predicted octanol–water partition coefficient (Wildman–Crippen LogP) is 2.42. The molecule has 29 heavy (non-hydrogen) atoms. The summed E-state index contributed by atoms with van der Waals surface area (Å²) in [6.07, 6.45) is -0.967. The zero-order chi connectivity index (χ0) is 21.8. The van der Waals surface area contributed by atoms with Crippen LogP contribution in [0.2, 0.25) is 0 Å². The molecule has 0 radical (unpaired) electrons. The number of hydrogen-bond donors (Lipinski definition) is 2. The molecule has 0 saturated carbocycles. The van der Waals surface area contributed by atoms with Crippen molar-refractivity contribution >= 4 is 17.7 Å². The summed E-state index contributed by atoms with van der Waals surface area (Å²) in [4.78, 5) is 34.1. The molecule has 2 N–H and O–H groups in total. The maximum Gasteiger partial charge on any atom is 0.407 e. The Morgan fingerprint density at radius 2 is 1.90 bits per heavy atom. The fraction of sp³-hybridized carbons (Fsp3) is 0.556. The minimum absolute atomic E-state index is 0.0313. The summed E-state index contributed by atoms with van der Waals surface area (Å²) in [6, 6.07) is 1.44. The Kier molecular flexibility index (Phi) is 6.85. The van der Waals surface area contributed by atoms with Crippen LogP contribution in [0.1, 0.15) is 39.2 Å². The molecule has 0 saturated heterocycles. The zero-order valence-electron chi connectivity index (χ0n) is 16.6. The van der Waals surface area contributed by atoms with E-state index in [1.165, 1.54) is 12.1 Å². The van der Waals surface area contributed by atoms with Crippen molar-refractivity contribution in [1.82, 2.24) is 5.32 Å². The maximum absolute atomic E-state index is 12.0. The number of nitrogens with zero attached hydrogens (tertiary/aromatic N) is 1. The number of rotatable bonds is 8. The molecule has 1 amide bonds. The van der Waals surface area contributed by atoms with Crippen molar-refractivity contribution < 1.29 is 38.6 Å². The summed E-state index contributed by atoms with van der Waals surface area (Å²) in [5.41, 5.74) is -0.461. The average Bonchev–Trinajstić information content (AvgIpc) is 3.08. The molecule has 1 aliphatic heterocycles. The van der Waals surface area contributed by atoms with Gasteiger partial charge in [0, 0.05) is 11.5 Å². The number of fused-ring (bicyclic) bond motifs is 1. The fourth-order valence-electron chi connectivity index (χ4n) is 2.48. The SMILES string of the molecule is CC(COC(=O)NC(COC(C)(C)C)C(=O)O)c1cc2c(cc1[N+](=O)[O-])OCO2. The highest BCUT2D eigenvalue weighted by molar-refractivity contribution is 5.80. The van der Waals surface area contributed by atoms with Gasteiger partial charge in [0.2, 0.25) is 6.79 Å². The Morgan fingerprint density at radius 1 is 1.28 bits per heavy atom. The largest absolute Gasteiger partial charge is 0.480 e. The van der Waals surface area contributed by atoms with Crippen LogP contribution in [0.4, 0.5) is 10.5 Å². The third kappa shape index (κ3) is 6.21. The van der Waals surface area contributed by atoms with E-state index in [4.69, 9.17) is 18.9 Å². The Labute approximate surface area is 167 Å². The monoisotopic (exact) mass is 412 g/mol. The van der Waals surface area contributed by atoms with E-state index in [0.29, 0.717) is 11.3 Å². The molecule has 0 spiro atoms. The Bertz CT molecular complexity index is 788. The van der Waals surface area contributed by atoms with Crippen LogP contribution in [0.15, 0.2) is 12.1 Å². The van der Waals surface area contributed by atoms with Gasteiger partial charge in [-0.2, -0.15) is 0 Å². The van der Waals surface area contributed by atoms with Gasteiger partial charge < -0.3 is 29.4 Å². The van der Waals surface area contributed by atoms with Gasteiger partial charge in [0.25, 0.3) is 5.69 Å². The Morgan fingerprint density at radius 3 is 2.45 bits per heavy atom. The molecule has 1 aliphatic rings. The molecule has 0 aliphatic carbocycles. The molecular formula is C18H24N2O9. The summed E-state index contributed by atoms with van der Waals surface area (Å²) in [5, 5.41) is 22.8. The van der Waals surface area contributed by atoms with E-state index in [-0.39, 0.29) is 31.4 Å². The van der Waals surface area contributed by atoms with Crippen molar-refractivity contribution in [2.24, 2.45) is 0 Å². The van der Waals surface area contributed by atoms with Crippen LogP contribution in [-0.2, 0) is 14.3 Å².